The van der Waals surface area contributed by atoms with Crippen LogP contribution < -0.4 is 10.5 Å². The van der Waals surface area contributed by atoms with E-state index in [4.69, 9.17) is 10.5 Å². The summed E-state index contributed by atoms with van der Waals surface area (Å²) in [5, 5.41) is 0. The molecule has 0 amide bonds. The Morgan fingerprint density at radius 1 is 0.952 bits per heavy atom. The molecule has 5 heteroatoms. The topological polar surface area (TPSA) is 69.4 Å². The average Bonchev–Trinajstić information content (AvgIpc) is 2.50. The Bertz CT molecular complexity index is 652. The van der Waals surface area contributed by atoms with Crippen LogP contribution in [0.4, 0.5) is 0 Å². The van der Waals surface area contributed by atoms with E-state index in [2.05, 4.69) is 0 Å². The van der Waals surface area contributed by atoms with Gasteiger partial charge in [-0.1, -0.05) is 30.3 Å². The van der Waals surface area contributed by atoms with E-state index in [0.717, 1.165) is 12.0 Å². The van der Waals surface area contributed by atoms with Gasteiger partial charge in [0.05, 0.1) is 10.6 Å². The summed E-state index contributed by atoms with van der Waals surface area (Å²) in [6, 6.07) is 15.9. The quantitative estimate of drug-likeness (QED) is 0.850. The number of nitrogens with two attached hydrogens (primary N) is 1. The fourth-order valence-corrected chi connectivity index (χ4v) is 3.04. The highest BCUT2D eigenvalue weighted by Crippen LogP contribution is 2.14. The van der Waals surface area contributed by atoms with E-state index in [0.29, 0.717) is 17.2 Å². The van der Waals surface area contributed by atoms with Gasteiger partial charge >= 0.3 is 0 Å². The second-order valence-electron chi connectivity index (χ2n) is 4.66. The van der Waals surface area contributed by atoms with Gasteiger partial charge in [0.1, 0.15) is 12.4 Å². The van der Waals surface area contributed by atoms with Crippen LogP contribution >= 0.6 is 0 Å². The molecule has 0 bridgehead atoms. The first-order valence-electron chi connectivity index (χ1n) is 6.81. The third-order valence-corrected chi connectivity index (χ3v) is 4.77. The Hall–Kier alpha value is -1.85. The van der Waals surface area contributed by atoms with Crippen LogP contribution in [0.3, 0.4) is 0 Å². The van der Waals surface area contributed by atoms with Crippen molar-refractivity contribution >= 4 is 9.84 Å². The molecule has 112 valence electrons. The highest BCUT2D eigenvalue weighted by Gasteiger charge is 2.13. The van der Waals surface area contributed by atoms with Gasteiger partial charge in [-0.15, -0.1) is 0 Å². The molecule has 4 nitrogen and oxygen atoms in total. The smallest absolute Gasteiger partial charge is 0.181 e. The lowest BCUT2D eigenvalue weighted by Gasteiger charge is -2.08. The molecule has 2 rings (SSSR count). The van der Waals surface area contributed by atoms with Gasteiger partial charge in [-0.2, -0.15) is 0 Å². The van der Waals surface area contributed by atoms with Crippen molar-refractivity contribution in [2.24, 2.45) is 5.73 Å². The average molecular weight is 305 g/mol. The van der Waals surface area contributed by atoms with Crippen LogP contribution in [-0.4, -0.2) is 27.3 Å². The standard InChI is InChI=1S/C16H19NO3S/c17-11-10-14-6-8-15(9-7-14)20-12-13-21(18,19)16-4-2-1-3-5-16/h1-9H,10-13,17H2. The minimum Gasteiger partial charge on any atom is -0.493 e. The van der Waals surface area contributed by atoms with Crippen LogP contribution in [-0.2, 0) is 16.3 Å². The van der Waals surface area contributed by atoms with Gasteiger partial charge in [-0.3, -0.25) is 0 Å². The molecule has 2 aromatic carbocycles. The molecule has 0 saturated carbocycles. The van der Waals surface area contributed by atoms with Crippen LogP contribution in [0.2, 0.25) is 0 Å². The van der Waals surface area contributed by atoms with Gasteiger partial charge in [-0.25, -0.2) is 8.42 Å². The summed E-state index contributed by atoms with van der Waals surface area (Å²) in [4.78, 5) is 0.326. The molecule has 0 unspecified atom stereocenters. The first-order valence-corrected chi connectivity index (χ1v) is 8.47. The molecule has 2 aromatic rings. The lowest BCUT2D eigenvalue weighted by atomic mass is 10.1. The number of hydrogen-bond donors (Lipinski definition) is 1. The van der Waals surface area contributed by atoms with Crippen molar-refractivity contribution in [3.8, 4) is 5.75 Å². The molecule has 21 heavy (non-hydrogen) atoms. The van der Waals surface area contributed by atoms with Gasteiger partial charge in [0.25, 0.3) is 0 Å². The fraction of sp³-hybridized carbons (Fsp3) is 0.250. The monoisotopic (exact) mass is 305 g/mol. The minimum atomic E-state index is -3.29. The number of sulfone groups is 1. The Morgan fingerprint density at radius 3 is 2.24 bits per heavy atom. The van der Waals surface area contributed by atoms with Crippen LogP contribution in [0.5, 0.6) is 5.75 Å². The molecule has 0 heterocycles. The van der Waals surface area contributed by atoms with E-state index >= 15 is 0 Å². The zero-order chi connectivity index (χ0) is 15.1. The molecule has 0 aliphatic heterocycles. The van der Waals surface area contributed by atoms with Crippen molar-refractivity contribution in [2.75, 3.05) is 18.9 Å². The van der Waals surface area contributed by atoms with Gasteiger partial charge in [-0.05, 0) is 42.8 Å². The summed E-state index contributed by atoms with van der Waals surface area (Å²) < 4.78 is 29.6. The molecule has 0 spiro atoms. The van der Waals surface area contributed by atoms with Crippen molar-refractivity contribution in [1.29, 1.82) is 0 Å². The predicted octanol–water partition coefficient (Wildman–Crippen LogP) is 2.04. The molecule has 0 aliphatic carbocycles. The second kappa shape index (κ2) is 7.24. The van der Waals surface area contributed by atoms with Gasteiger partial charge in [0.15, 0.2) is 9.84 Å². The number of rotatable bonds is 7. The van der Waals surface area contributed by atoms with Crippen LogP contribution in [0.25, 0.3) is 0 Å². The summed E-state index contributed by atoms with van der Waals surface area (Å²) >= 11 is 0. The second-order valence-corrected chi connectivity index (χ2v) is 6.77. The Morgan fingerprint density at radius 2 is 1.62 bits per heavy atom. The summed E-state index contributed by atoms with van der Waals surface area (Å²) in [5.41, 5.74) is 6.62. The van der Waals surface area contributed by atoms with E-state index < -0.39 is 9.84 Å². The normalized spacial score (nSPS) is 11.3. The third-order valence-electron chi connectivity index (χ3n) is 3.08. The molecule has 0 aliphatic rings. The molecular weight excluding hydrogens is 286 g/mol. The highest BCUT2D eigenvalue weighted by atomic mass is 32.2. The summed E-state index contributed by atoms with van der Waals surface area (Å²) in [7, 11) is -3.29. The fourth-order valence-electron chi connectivity index (χ4n) is 1.93. The Balaban J connectivity index is 1.89. The highest BCUT2D eigenvalue weighted by molar-refractivity contribution is 7.91. The largest absolute Gasteiger partial charge is 0.493 e. The molecular formula is C16H19NO3S. The van der Waals surface area contributed by atoms with E-state index in [-0.39, 0.29) is 12.4 Å². The number of ether oxygens (including phenoxy) is 1. The number of hydrogen-bond acceptors (Lipinski definition) is 4. The maximum atomic E-state index is 12.1. The van der Waals surface area contributed by atoms with Crippen LogP contribution in [0.15, 0.2) is 59.5 Å². The third kappa shape index (κ3) is 4.58. The molecule has 2 N–H and O–H groups in total. The van der Waals surface area contributed by atoms with Gasteiger partial charge < -0.3 is 10.5 Å². The van der Waals surface area contributed by atoms with E-state index in [1.807, 2.05) is 24.3 Å². The predicted molar refractivity (Wildman–Crippen MR) is 83.2 cm³/mol. The van der Waals surface area contributed by atoms with Crippen molar-refractivity contribution in [2.45, 2.75) is 11.3 Å². The minimum absolute atomic E-state index is 0.0401. The molecule has 0 aromatic heterocycles. The Kier molecular flexibility index (Phi) is 5.36. The van der Waals surface area contributed by atoms with Gasteiger partial charge in [0, 0.05) is 0 Å². The Labute approximate surface area is 125 Å². The molecule has 0 fully saturated rings. The van der Waals surface area contributed by atoms with Gasteiger partial charge in [0.2, 0.25) is 0 Å². The maximum Gasteiger partial charge on any atom is 0.181 e. The lowest BCUT2D eigenvalue weighted by molar-refractivity contribution is 0.340. The van der Waals surface area contributed by atoms with E-state index in [1.165, 1.54) is 0 Å². The van der Waals surface area contributed by atoms with Crippen molar-refractivity contribution in [1.82, 2.24) is 0 Å². The lowest BCUT2D eigenvalue weighted by Crippen LogP contribution is -2.14. The van der Waals surface area contributed by atoms with Crippen molar-refractivity contribution in [3.63, 3.8) is 0 Å². The van der Waals surface area contributed by atoms with Crippen molar-refractivity contribution < 1.29 is 13.2 Å². The number of benzene rings is 2. The van der Waals surface area contributed by atoms with E-state index in [9.17, 15) is 8.42 Å². The summed E-state index contributed by atoms with van der Waals surface area (Å²) in [6.45, 7) is 0.739. The van der Waals surface area contributed by atoms with Crippen molar-refractivity contribution in [3.05, 3.63) is 60.2 Å². The molecule has 0 saturated heterocycles. The first-order chi connectivity index (χ1) is 10.1. The van der Waals surface area contributed by atoms with Crippen LogP contribution in [0, 0.1) is 0 Å². The van der Waals surface area contributed by atoms with Crippen LogP contribution in [0.1, 0.15) is 5.56 Å². The summed E-state index contributed by atoms with van der Waals surface area (Å²) in [6.07, 6.45) is 0.822. The SMILES string of the molecule is NCCc1ccc(OCCS(=O)(=O)c2ccccc2)cc1. The molecule has 0 radical (unpaired) electrons. The summed E-state index contributed by atoms with van der Waals surface area (Å²) in [5.74, 6) is 0.626. The maximum absolute atomic E-state index is 12.1. The van der Waals surface area contributed by atoms with E-state index in [1.54, 1.807) is 30.3 Å². The first kappa shape index (κ1) is 15.5. The zero-order valence-electron chi connectivity index (χ0n) is 11.7. The zero-order valence-corrected chi connectivity index (χ0v) is 12.6. The molecule has 0 atom stereocenters.